The van der Waals surface area contributed by atoms with Crippen molar-refractivity contribution in [2.24, 2.45) is 22.2 Å². The molecule has 0 aliphatic carbocycles. The minimum absolute atomic E-state index is 0.0105. The van der Waals surface area contributed by atoms with Gasteiger partial charge in [0.1, 0.15) is 5.82 Å². The van der Waals surface area contributed by atoms with E-state index in [0.717, 1.165) is 46.0 Å². The molecule has 3 aromatic rings. The maximum absolute atomic E-state index is 12.6. The molecule has 1 unspecified atom stereocenters. The van der Waals surface area contributed by atoms with Gasteiger partial charge in [-0.05, 0) is 47.9 Å². The van der Waals surface area contributed by atoms with Crippen LogP contribution < -0.4 is 16.0 Å². The molecule has 1 amide bonds. The molecule has 4 N–H and O–H groups in total. The Balaban J connectivity index is 1.74. The molecule has 0 spiro atoms. The Bertz CT molecular complexity index is 1280. The smallest absolute Gasteiger partial charge is 0.225 e. The summed E-state index contributed by atoms with van der Waals surface area (Å²) in [4.78, 5) is 24.7. The van der Waals surface area contributed by atoms with Gasteiger partial charge >= 0.3 is 0 Å². The van der Waals surface area contributed by atoms with E-state index in [4.69, 9.17) is 0 Å². The van der Waals surface area contributed by atoms with Gasteiger partial charge in [0.05, 0.1) is 23.6 Å². The zero-order valence-corrected chi connectivity index (χ0v) is 25.3. The van der Waals surface area contributed by atoms with Gasteiger partial charge < -0.3 is 20.9 Å². The summed E-state index contributed by atoms with van der Waals surface area (Å²) in [6.45, 7) is 18.8. The molecule has 40 heavy (non-hydrogen) atoms. The zero-order chi connectivity index (χ0) is 29.4. The second-order valence-corrected chi connectivity index (χ2v) is 12.0. The molecule has 7 heteroatoms. The largest absolute Gasteiger partial charge is 0.382 e. The standard InChI is InChI=1S/C33H46N6O/c1-21(2)27(35-9)19-36-28(18-34-8)25-14-10-23(11-15-25)24-12-16-26(17-13-24)29-20-37-31(38-29)30(22(3)4)39-32(40)33(5,6)7/h10-18,20-22,27,30,35-36H,8,19H2,1-7,9H3,(H,37,38)(H,39,40)/b28-18-/t27?,30-/m0/s1. The van der Waals surface area contributed by atoms with Crippen LogP contribution >= 0.6 is 0 Å². The fourth-order valence-corrected chi connectivity index (χ4v) is 4.44. The fourth-order valence-electron chi connectivity index (χ4n) is 4.44. The first-order chi connectivity index (χ1) is 18.9. The number of aliphatic imine (C=N–C) groups is 1. The third-order valence-electron chi connectivity index (χ3n) is 7.16. The van der Waals surface area contributed by atoms with Gasteiger partial charge in [-0.25, -0.2) is 4.98 Å². The van der Waals surface area contributed by atoms with Gasteiger partial charge in [-0.1, -0.05) is 97.0 Å². The molecule has 0 saturated heterocycles. The van der Waals surface area contributed by atoms with E-state index >= 15 is 0 Å². The molecule has 2 aromatic carbocycles. The van der Waals surface area contributed by atoms with Crippen molar-refractivity contribution in [3.05, 3.63) is 72.3 Å². The van der Waals surface area contributed by atoms with Crippen molar-refractivity contribution in [1.29, 1.82) is 0 Å². The van der Waals surface area contributed by atoms with Crippen LogP contribution in [0.15, 0.2) is 65.9 Å². The number of nitrogens with one attached hydrogen (secondary N) is 4. The normalized spacial score (nSPS) is 13.8. The lowest BCUT2D eigenvalue weighted by Gasteiger charge is -2.25. The predicted molar refractivity (Wildman–Crippen MR) is 168 cm³/mol. The predicted octanol–water partition coefficient (Wildman–Crippen LogP) is 6.44. The quantitative estimate of drug-likeness (QED) is 0.198. The lowest BCUT2D eigenvalue weighted by molar-refractivity contribution is -0.129. The molecule has 0 aliphatic rings. The average Bonchev–Trinajstić information content (AvgIpc) is 3.40. The van der Waals surface area contributed by atoms with Crippen molar-refractivity contribution in [2.75, 3.05) is 13.6 Å². The van der Waals surface area contributed by atoms with Gasteiger partial charge in [-0.2, -0.15) is 0 Å². The van der Waals surface area contributed by atoms with Crippen molar-refractivity contribution < 1.29 is 4.79 Å². The lowest BCUT2D eigenvalue weighted by Crippen LogP contribution is -2.39. The Morgan fingerprint density at radius 1 is 0.975 bits per heavy atom. The minimum Gasteiger partial charge on any atom is -0.382 e. The Labute approximate surface area is 240 Å². The Hall–Kier alpha value is -3.71. The molecule has 0 radical (unpaired) electrons. The van der Waals surface area contributed by atoms with Crippen molar-refractivity contribution in [3.63, 3.8) is 0 Å². The van der Waals surface area contributed by atoms with Crippen LogP contribution in [-0.2, 0) is 4.79 Å². The summed E-state index contributed by atoms with van der Waals surface area (Å²) < 4.78 is 0. The summed E-state index contributed by atoms with van der Waals surface area (Å²) in [5.41, 5.74) is 5.78. The number of hydrogen-bond donors (Lipinski definition) is 4. The third kappa shape index (κ3) is 7.92. The number of carbonyl (C=O) groups excluding carboxylic acids is 1. The molecule has 7 nitrogen and oxygen atoms in total. The summed E-state index contributed by atoms with van der Waals surface area (Å²) in [5.74, 6) is 1.49. The van der Waals surface area contributed by atoms with Crippen molar-refractivity contribution in [1.82, 2.24) is 25.9 Å². The Kier molecular flexibility index (Phi) is 10.5. The number of likely N-dealkylation sites (N-methyl/N-ethyl adjacent to an activating group) is 1. The van der Waals surface area contributed by atoms with Crippen LogP contribution in [0.3, 0.4) is 0 Å². The van der Waals surface area contributed by atoms with E-state index in [1.165, 1.54) is 0 Å². The van der Waals surface area contributed by atoms with E-state index < -0.39 is 5.41 Å². The van der Waals surface area contributed by atoms with Crippen molar-refractivity contribution >= 4 is 18.3 Å². The number of rotatable bonds is 12. The maximum atomic E-state index is 12.6. The minimum atomic E-state index is -0.461. The molecule has 1 aromatic heterocycles. The second kappa shape index (κ2) is 13.6. The average molecular weight is 543 g/mol. The van der Waals surface area contributed by atoms with Gasteiger partial charge in [-0.15, -0.1) is 0 Å². The summed E-state index contributed by atoms with van der Waals surface area (Å²) in [7, 11) is 1.99. The third-order valence-corrected chi connectivity index (χ3v) is 7.16. The van der Waals surface area contributed by atoms with Gasteiger partial charge in [-0.3, -0.25) is 9.79 Å². The van der Waals surface area contributed by atoms with Gasteiger partial charge in [0, 0.05) is 24.2 Å². The van der Waals surface area contributed by atoms with Gasteiger partial charge in [0.15, 0.2) is 0 Å². The summed E-state index contributed by atoms with van der Waals surface area (Å²) in [6, 6.07) is 17.1. The SMILES string of the molecule is C=N/C=C(\NCC(NC)C(C)C)c1ccc(-c2ccc(-c3cnc([C@@H](NC(=O)C(C)(C)C)C(C)C)[nH]3)cc2)cc1. The monoisotopic (exact) mass is 542 g/mol. The number of hydrogen-bond acceptors (Lipinski definition) is 5. The van der Waals surface area contributed by atoms with Crippen LogP contribution in [0, 0.1) is 17.3 Å². The van der Waals surface area contributed by atoms with Crippen molar-refractivity contribution in [3.8, 4) is 22.4 Å². The molecule has 3 rings (SSSR count). The Morgan fingerprint density at radius 2 is 1.55 bits per heavy atom. The molecule has 1 heterocycles. The molecule has 0 saturated carbocycles. The van der Waals surface area contributed by atoms with E-state index in [0.29, 0.717) is 12.0 Å². The molecule has 2 atom stereocenters. The number of imidazole rings is 1. The topological polar surface area (TPSA) is 94.2 Å². The summed E-state index contributed by atoms with van der Waals surface area (Å²) in [6.07, 6.45) is 3.61. The highest BCUT2D eigenvalue weighted by atomic mass is 16.2. The van der Waals surface area contributed by atoms with Crippen LogP contribution in [0.25, 0.3) is 28.1 Å². The molecular formula is C33H46N6O. The van der Waals surface area contributed by atoms with E-state index in [2.05, 4.69) is 114 Å². The highest BCUT2D eigenvalue weighted by Crippen LogP contribution is 2.28. The first-order valence-corrected chi connectivity index (χ1v) is 14.1. The van der Waals surface area contributed by atoms with E-state index in [-0.39, 0.29) is 17.9 Å². The number of aromatic amines is 1. The number of carbonyl (C=O) groups is 1. The van der Waals surface area contributed by atoms with Crippen LogP contribution in [0.1, 0.15) is 65.9 Å². The van der Waals surface area contributed by atoms with E-state index in [1.807, 2.05) is 34.0 Å². The molecular weight excluding hydrogens is 496 g/mol. The highest BCUT2D eigenvalue weighted by molar-refractivity contribution is 5.81. The van der Waals surface area contributed by atoms with Crippen LogP contribution in [0.5, 0.6) is 0 Å². The second-order valence-electron chi connectivity index (χ2n) is 12.0. The Morgan fingerprint density at radius 3 is 2.05 bits per heavy atom. The van der Waals surface area contributed by atoms with E-state index in [9.17, 15) is 4.79 Å². The first-order valence-electron chi connectivity index (χ1n) is 14.1. The summed E-state index contributed by atoms with van der Waals surface area (Å²) >= 11 is 0. The van der Waals surface area contributed by atoms with Crippen molar-refractivity contribution in [2.45, 2.75) is 60.5 Å². The fraction of sp³-hybridized carbons (Fsp3) is 0.424. The number of nitrogens with zero attached hydrogens (tertiary/aromatic N) is 2. The lowest BCUT2D eigenvalue weighted by atomic mass is 9.94. The van der Waals surface area contributed by atoms with Gasteiger partial charge in [0.25, 0.3) is 0 Å². The molecule has 214 valence electrons. The van der Waals surface area contributed by atoms with Crippen LogP contribution in [-0.4, -0.2) is 42.2 Å². The molecule has 0 bridgehead atoms. The zero-order valence-electron chi connectivity index (χ0n) is 25.3. The van der Waals surface area contributed by atoms with Gasteiger partial charge in [0.2, 0.25) is 5.91 Å². The molecule has 0 fully saturated rings. The van der Waals surface area contributed by atoms with Crippen LogP contribution in [0.2, 0.25) is 0 Å². The molecule has 0 aliphatic heterocycles. The number of H-pyrrole nitrogens is 1. The maximum Gasteiger partial charge on any atom is 0.225 e. The highest BCUT2D eigenvalue weighted by Gasteiger charge is 2.28. The van der Waals surface area contributed by atoms with Crippen LogP contribution in [0.4, 0.5) is 0 Å². The number of benzene rings is 2. The number of aromatic nitrogens is 2. The summed E-state index contributed by atoms with van der Waals surface area (Å²) in [5, 5.41) is 10.0. The number of amides is 1. The first kappa shape index (κ1) is 30.8. The van der Waals surface area contributed by atoms with E-state index in [1.54, 1.807) is 6.20 Å².